The van der Waals surface area contributed by atoms with Crippen molar-refractivity contribution in [2.75, 3.05) is 0 Å². The molecule has 0 spiro atoms. The van der Waals surface area contributed by atoms with Gasteiger partial charge in [-0.1, -0.05) is 43.2 Å². The molecule has 1 aromatic heterocycles. The zero-order chi connectivity index (χ0) is 15.6. The average Bonchev–Trinajstić information content (AvgIpc) is 3.14. The van der Waals surface area contributed by atoms with Gasteiger partial charge in [0.25, 0.3) is 0 Å². The summed E-state index contributed by atoms with van der Waals surface area (Å²) in [6, 6.07) is 11.7. The Kier molecular flexibility index (Phi) is 4.17. The van der Waals surface area contributed by atoms with Gasteiger partial charge in [0.2, 0.25) is 11.8 Å². The molecule has 1 saturated heterocycles. The summed E-state index contributed by atoms with van der Waals surface area (Å²) in [5, 5.41) is 8.53. The number of benzene rings is 1. The number of aromatic nitrogens is 2. The largest absolute Gasteiger partial charge is 0.424 e. The molecule has 23 heavy (non-hydrogen) atoms. The Bertz CT molecular complexity index is 639. The lowest BCUT2D eigenvalue weighted by Crippen LogP contribution is -2.37. The Hall–Kier alpha value is -1.68. The molecule has 0 N–H and O–H groups in total. The molecule has 0 amide bonds. The van der Waals surface area contributed by atoms with Crippen LogP contribution in [0.1, 0.15) is 56.4 Å². The summed E-state index contributed by atoms with van der Waals surface area (Å²) in [5.41, 5.74) is 1.21. The third kappa shape index (κ3) is 3.18. The van der Waals surface area contributed by atoms with Crippen molar-refractivity contribution in [1.82, 2.24) is 15.1 Å². The summed E-state index contributed by atoms with van der Waals surface area (Å²) >= 11 is 0. The van der Waals surface area contributed by atoms with Crippen LogP contribution in [0, 0.1) is 5.92 Å². The minimum atomic E-state index is 0.632. The predicted molar refractivity (Wildman–Crippen MR) is 88.9 cm³/mol. The highest BCUT2D eigenvalue weighted by atomic mass is 16.4. The summed E-state index contributed by atoms with van der Waals surface area (Å²) in [7, 11) is 0. The molecule has 0 unspecified atom stereocenters. The van der Waals surface area contributed by atoms with Crippen molar-refractivity contribution in [2.45, 2.75) is 64.1 Å². The van der Waals surface area contributed by atoms with Gasteiger partial charge in [-0.3, -0.25) is 4.90 Å². The SMILES string of the molecule is C[C@@H]1C[C@H]2CCCC[C@@H]2N1Cc1nnc(Cc2ccccc2)o1. The number of hydrogen-bond donors (Lipinski definition) is 0. The smallest absolute Gasteiger partial charge is 0.230 e. The molecule has 0 bridgehead atoms. The lowest BCUT2D eigenvalue weighted by molar-refractivity contribution is 0.136. The third-order valence-corrected chi connectivity index (χ3v) is 5.53. The van der Waals surface area contributed by atoms with E-state index in [9.17, 15) is 0 Å². The van der Waals surface area contributed by atoms with Crippen LogP contribution in [0.5, 0.6) is 0 Å². The quantitative estimate of drug-likeness (QED) is 0.861. The summed E-state index contributed by atoms with van der Waals surface area (Å²) in [4.78, 5) is 2.60. The van der Waals surface area contributed by atoms with Gasteiger partial charge in [0.05, 0.1) is 13.0 Å². The van der Waals surface area contributed by atoms with Crippen LogP contribution in [0.2, 0.25) is 0 Å². The molecule has 4 heteroatoms. The molecule has 2 heterocycles. The average molecular weight is 311 g/mol. The van der Waals surface area contributed by atoms with Gasteiger partial charge in [-0.15, -0.1) is 10.2 Å². The molecule has 4 rings (SSSR count). The molecular formula is C19H25N3O. The molecule has 4 nitrogen and oxygen atoms in total. The highest BCUT2D eigenvalue weighted by molar-refractivity contribution is 5.17. The first-order valence-electron chi connectivity index (χ1n) is 8.90. The Morgan fingerprint density at radius 2 is 1.87 bits per heavy atom. The van der Waals surface area contributed by atoms with Crippen molar-refractivity contribution < 1.29 is 4.42 Å². The molecule has 2 aliphatic rings. The molecular weight excluding hydrogens is 286 g/mol. The van der Waals surface area contributed by atoms with Gasteiger partial charge in [-0.05, 0) is 37.7 Å². The number of hydrogen-bond acceptors (Lipinski definition) is 4. The maximum absolute atomic E-state index is 5.91. The van der Waals surface area contributed by atoms with E-state index in [1.54, 1.807) is 0 Å². The second-order valence-corrected chi connectivity index (χ2v) is 7.12. The molecule has 1 aromatic carbocycles. The van der Waals surface area contributed by atoms with Crippen LogP contribution in [0.3, 0.4) is 0 Å². The molecule has 0 radical (unpaired) electrons. The van der Waals surface area contributed by atoms with Crippen LogP contribution in [0.25, 0.3) is 0 Å². The van der Waals surface area contributed by atoms with E-state index in [0.29, 0.717) is 6.04 Å². The fraction of sp³-hybridized carbons (Fsp3) is 0.579. The monoisotopic (exact) mass is 311 g/mol. The number of fused-ring (bicyclic) bond motifs is 1. The van der Waals surface area contributed by atoms with Gasteiger partial charge < -0.3 is 4.42 Å². The van der Waals surface area contributed by atoms with Crippen LogP contribution < -0.4 is 0 Å². The van der Waals surface area contributed by atoms with Gasteiger partial charge in [-0.25, -0.2) is 0 Å². The van der Waals surface area contributed by atoms with Crippen LogP contribution in [0.4, 0.5) is 0 Å². The van der Waals surface area contributed by atoms with Gasteiger partial charge in [0.15, 0.2) is 0 Å². The Labute approximate surface area is 137 Å². The summed E-state index contributed by atoms with van der Waals surface area (Å²) < 4.78 is 5.91. The molecule has 3 atom stereocenters. The van der Waals surface area contributed by atoms with Crippen LogP contribution in [-0.4, -0.2) is 27.2 Å². The zero-order valence-electron chi connectivity index (χ0n) is 13.8. The van der Waals surface area contributed by atoms with Crippen LogP contribution in [0.15, 0.2) is 34.7 Å². The highest BCUT2D eigenvalue weighted by Crippen LogP contribution is 2.40. The Morgan fingerprint density at radius 3 is 2.74 bits per heavy atom. The van der Waals surface area contributed by atoms with E-state index in [1.165, 1.54) is 37.7 Å². The van der Waals surface area contributed by atoms with Crippen LogP contribution >= 0.6 is 0 Å². The minimum Gasteiger partial charge on any atom is -0.424 e. The first kappa shape index (κ1) is 14.9. The van der Waals surface area contributed by atoms with E-state index >= 15 is 0 Å². The van der Waals surface area contributed by atoms with E-state index in [1.807, 2.05) is 18.2 Å². The minimum absolute atomic E-state index is 0.632. The van der Waals surface area contributed by atoms with Gasteiger partial charge in [0, 0.05) is 12.1 Å². The first-order chi connectivity index (χ1) is 11.3. The molecule has 2 aromatic rings. The fourth-order valence-electron chi connectivity index (χ4n) is 4.42. The van der Waals surface area contributed by atoms with Gasteiger partial charge >= 0.3 is 0 Å². The lowest BCUT2D eigenvalue weighted by atomic mass is 9.85. The van der Waals surface area contributed by atoms with E-state index in [0.717, 1.165) is 36.7 Å². The summed E-state index contributed by atoms with van der Waals surface area (Å²) in [5.74, 6) is 2.37. The van der Waals surface area contributed by atoms with Gasteiger partial charge in [0.1, 0.15) is 0 Å². The Morgan fingerprint density at radius 1 is 1.09 bits per heavy atom. The third-order valence-electron chi connectivity index (χ3n) is 5.53. The van der Waals surface area contributed by atoms with E-state index in [2.05, 4.69) is 34.2 Å². The second-order valence-electron chi connectivity index (χ2n) is 7.12. The molecule has 1 aliphatic heterocycles. The Balaban J connectivity index is 1.43. The zero-order valence-corrected chi connectivity index (χ0v) is 13.8. The van der Waals surface area contributed by atoms with E-state index in [4.69, 9.17) is 4.42 Å². The number of nitrogens with zero attached hydrogens (tertiary/aromatic N) is 3. The van der Waals surface area contributed by atoms with Crippen molar-refractivity contribution in [3.05, 3.63) is 47.7 Å². The van der Waals surface area contributed by atoms with Gasteiger partial charge in [-0.2, -0.15) is 0 Å². The highest BCUT2D eigenvalue weighted by Gasteiger charge is 2.40. The second kappa shape index (κ2) is 6.44. The van der Waals surface area contributed by atoms with Crippen molar-refractivity contribution in [1.29, 1.82) is 0 Å². The van der Waals surface area contributed by atoms with Crippen molar-refractivity contribution >= 4 is 0 Å². The van der Waals surface area contributed by atoms with E-state index in [-0.39, 0.29) is 0 Å². The maximum Gasteiger partial charge on any atom is 0.230 e. The fourth-order valence-corrected chi connectivity index (χ4v) is 4.42. The summed E-state index contributed by atoms with van der Waals surface area (Å²) in [6.45, 7) is 3.16. The normalized spacial score (nSPS) is 28.0. The maximum atomic E-state index is 5.91. The molecule has 1 saturated carbocycles. The van der Waals surface area contributed by atoms with Crippen molar-refractivity contribution in [3.8, 4) is 0 Å². The van der Waals surface area contributed by atoms with E-state index < -0.39 is 0 Å². The molecule has 1 aliphatic carbocycles. The lowest BCUT2D eigenvalue weighted by Gasteiger charge is -2.32. The topological polar surface area (TPSA) is 42.2 Å². The summed E-state index contributed by atoms with van der Waals surface area (Å²) in [6.07, 6.45) is 7.55. The first-order valence-corrected chi connectivity index (χ1v) is 8.90. The standard InChI is InChI=1S/C19H25N3O/c1-14-11-16-9-5-6-10-17(16)22(14)13-19-21-20-18(23-19)12-15-7-3-2-4-8-15/h2-4,7-8,14,16-17H,5-6,9-13H2,1H3/t14-,16-,17+/m1/s1. The molecule has 2 fully saturated rings. The van der Waals surface area contributed by atoms with Crippen molar-refractivity contribution in [2.24, 2.45) is 5.92 Å². The molecule has 122 valence electrons. The number of rotatable bonds is 4. The van der Waals surface area contributed by atoms with Crippen LogP contribution in [-0.2, 0) is 13.0 Å². The van der Waals surface area contributed by atoms with Crippen molar-refractivity contribution in [3.63, 3.8) is 0 Å². The predicted octanol–water partition coefficient (Wildman–Crippen LogP) is 3.81. The number of likely N-dealkylation sites (tertiary alicyclic amines) is 1.